The van der Waals surface area contributed by atoms with Crippen molar-refractivity contribution < 1.29 is 4.79 Å². The molecule has 6 nitrogen and oxygen atoms in total. The van der Waals surface area contributed by atoms with E-state index in [2.05, 4.69) is 15.5 Å². The lowest BCUT2D eigenvalue weighted by atomic mass is 10.1. The van der Waals surface area contributed by atoms with Gasteiger partial charge in [-0.25, -0.2) is 0 Å². The van der Waals surface area contributed by atoms with Gasteiger partial charge in [-0.2, -0.15) is 4.68 Å². The second-order valence-electron chi connectivity index (χ2n) is 5.86. The van der Waals surface area contributed by atoms with Crippen molar-refractivity contribution in [1.29, 1.82) is 0 Å². The van der Waals surface area contributed by atoms with Crippen molar-refractivity contribution in [3.63, 3.8) is 0 Å². The Hall–Kier alpha value is -1.90. The van der Waals surface area contributed by atoms with Gasteiger partial charge in [0, 0.05) is 11.9 Å². The fourth-order valence-corrected chi connectivity index (χ4v) is 4.50. The number of benzene rings is 1. The molecule has 1 aromatic carbocycles. The van der Waals surface area contributed by atoms with Crippen molar-refractivity contribution >= 4 is 40.6 Å². The Kier molecular flexibility index (Phi) is 5.95. The van der Waals surface area contributed by atoms with E-state index in [1.807, 2.05) is 44.2 Å². The number of nitrogens with zero attached hydrogens (tertiary/aromatic N) is 5. The van der Waals surface area contributed by atoms with E-state index in [4.69, 9.17) is 11.6 Å². The summed E-state index contributed by atoms with van der Waals surface area (Å²) in [7, 11) is 1.78. The number of amides is 1. The number of halogens is 1. The lowest BCUT2D eigenvalue weighted by molar-refractivity contribution is -0.127. The Bertz CT molecular complexity index is 903. The Labute approximate surface area is 165 Å². The molecule has 0 unspecified atom stereocenters. The molecule has 2 aromatic heterocycles. The number of para-hydroxylation sites is 1. The summed E-state index contributed by atoms with van der Waals surface area (Å²) in [5.41, 5.74) is 3.11. The van der Waals surface area contributed by atoms with Crippen LogP contribution in [0.4, 0.5) is 0 Å². The van der Waals surface area contributed by atoms with E-state index in [-0.39, 0.29) is 11.7 Å². The fourth-order valence-electron chi connectivity index (χ4n) is 2.54. The van der Waals surface area contributed by atoms with Gasteiger partial charge in [-0.05, 0) is 47.5 Å². The molecule has 0 N–H and O–H groups in total. The average Bonchev–Trinajstić information content (AvgIpc) is 3.21. The number of aryl methyl sites for hydroxylation is 2. The second kappa shape index (κ2) is 8.20. The van der Waals surface area contributed by atoms with Crippen LogP contribution in [0.5, 0.6) is 0 Å². The lowest BCUT2D eigenvalue weighted by Crippen LogP contribution is -2.27. The number of aromatic nitrogens is 4. The van der Waals surface area contributed by atoms with E-state index < -0.39 is 0 Å². The zero-order valence-electron chi connectivity index (χ0n) is 14.6. The number of tetrazole rings is 1. The normalized spacial score (nSPS) is 10.9. The van der Waals surface area contributed by atoms with E-state index in [0.717, 1.165) is 26.0 Å². The summed E-state index contributed by atoms with van der Waals surface area (Å²) in [6.45, 7) is 4.58. The van der Waals surface area contributed by atoms with E-state index in [0.29, 0.717) is 11.7 Å². The molecule has 0 atom stereocenters. The van der Waals surface area contributed by atoms with E-state index in [1.165, 1.54) is 23.1 Å². The summed E-state index contributed by atoms with van der Waals surface area (Å²) in [6, 6.07) is 9.81. The minimum atomic E-state index is 0.00979. The van der Waals surface area contributed by atoms with Gasteiger partial charge in [0.05, 0.1) is 22.3 Å². The molecule has 0 spiro atoms. The van der Waals surface area contributed by atoms with Crippen LogP contribution in [0, 0.1) is 13.8 Å². The Balaban J connectivity index is 1.67. The number of hydrogen-bond donors (Lipinski definition) is 0. The number of rotatable bonds is 6. The minimum absolute atomic E-state index is 0.00979. The van der Waals surface area contributed by atoms with Crippen LogP contribution in [0.3, 0.4) is 0 Å². The summed E-state index contributed by atoms with van der Waals surface area (Å²) >= 11 is 8.75. The molecule has 0 aliphatic carbocycles. The molecule has 26 heavy (non-hydrogen) atoms. The molecule has 2 heterocycles. The molecule has 0 saturated heterocycles. The molecule has 0 aliphatic heterocycles. The predicted octanol–water partition coefficient (Wildman–Crippen LogP) is 3.74. The first kappa shape index (κ1) is 18.9. The molecule has 0 radical (unpaired) electrons. The Morgan fingerprint density at radius 1 is 1.27 bits per heavy atom. The maximum Gasteiger partial charge on any atom is 0.233 e. The summed E-state index contributed by atoms with van der Waals surface area (Å²) in [4.78, 5) is 15.2. The van der Waals surface area contributed by atoms with Crippen molar-refractivity contribution in [1.82, 2.24) is 25.1 Å². The molecule has 3 aromatic rings. The van der Waals surface area contributed by atoms with Crippen LogP contribution in [0.1, 0.15) is 16.0 Å². The van der Waals surface area contributed by atoms with Gasteiger partial charge in [-0.15, -0.1) is 16.4 Å². The van der Waals surface area contributed by atoms with Crippen molar-refractivity contribution in [2.24, 2.45) is 0 Å². The first-order valence-electron chi connectivity index (χ1n) is 7.91. The van der Waals surface area contributed by atoms with Gasteiger partial charge in [0.25, 0.3) is 0 Å². The third kappa shape index (κ3) is 4.25. The summed E-state index contributed by atoms with van der Waals surface area (Å²) in [6.07, 6.45) is 0. The van der Waals surface area contributed by atoms with Crippen molar-refractivity contribution in [3.05, 3.63) is 50.7 Å². The molecule has 0 fully saturated rings. The van der Waals surface area contributed by atoms with Crippen molar-refractivity contribution in [2.45, 2.75) is 25.5 Å². The van der Waals surface area contributed by atoms with Crippen LogP contribution < -0.4 is 0 Å². The fraction of sp³-hybridized carbons (Fsp3) is 0.294. The molecule has 0 bridgehead atoms. The van der Waals surface area contributed by atoms with Crippen LogP contribution in [-0.2, 0) is 11.3 Å². The Morgan fingerprint density at radius 2 is 2.00 bits per heavy atom. The van der Waals surface area contributed by atoms with Crippen molar-refractivity contribution in [3.8, 4) is 5.69 Å². The molecule has 0 aliphatic rings. The van der Waals surface area contributed by atoms with E-state index >= 15 is 0 Å². The van der Waals surface area contributed by atoms with Gasteiger partial charge >= 0.3 is 0 Å². The number of carbonyl (C=O) groups is 1. The number of carbonyl (C=O) groups excluding carboxylic acids is 1. The minimum Gasteiger partial charge on any atom is -0.340 e. The topological polar surface area (TPSA) is 63.9 Å². The lowest BCUT2D eigenvalue weighted by Gasteiger charge is -2.16. The summed E-state index contributed by atoms with van der Waals surface area (Å²) in [5, 5.41) is 12.5. The third-order valence-electron chi connectivity index (χ3n) is 3.86. The summed E-state index contributed by atoms with van der Waals surface area (Å²) in [5.74, 6) is 0.275. The third-order valence-corrected chi connectivity index (χ3v) is 5.98. The van der Waals surface area contributed by atoms with Crippen LogP contribution >= 0.6 is 34.7 Å². The zero-order valence-corrected chi connectivity index (χ0v) is 17.0. The highest BCUT2D eigenvalue weighted by molar-refractivity contribution is 7.99. The molecule has 0 saturated carbocycles. The quantitative estimate of drug-likeness (QED) is 0.582. The predicted molar refractivity (Wildman–Crippen MR) is 105 cm³/mol. The number of thiophene rings is 1. The first-order chi connectivity index (χ1) is 12.5. The molecular formula is C17H18ClN5OS2. The van der Waals surface area contributed by atoms with Gasteiger partial charge in [0.1, 0.15) is 0 Å². The standard InChI is InChI=1S/C17H18ClN5OS2/c1-11-5-4-6-12(2)16(11)23-17(19-20-21-23)25-10-15(24)22(3)9-13-7-8-14(18)26-13/h4-8H,9-10H2,1-3H3. The van der Waals surface area contributed by atoms with Gasteiger partial charge in [-0.1, -0.05) is 41.6 Å². The average molecular weight is 408 g/mol. The SMILES string of the molecule is Cc1cccc(C)c1-n1nnnc1SCC(=O)N(C)Cc1ccc(Cl)s1. The van der Waals surface area contributed by atoms with Crippen LogP contribution in [0.15, 0.2) is 35.5 Å². The molecule has 1 amide bonds. The van der Waals surface area contributed by atoms with E-state index in [1.54, 1.807) is 16.6 Å². The zero-order chi connectivity index (χ0) is 18.7. The van der Waals surface area contributed by atoms with Crippen LogP contribution in [0.25, 0.3) is 5.69 Å². The van der Waals surface area contributed by atoms with E-state index in [9.17, 15) is 4.79 Å². The van der Waals surface area contributed by atoms with Gasteiger partial charge < -0.3 is 4.90 Å². The number of thioether (sulfide) groups is 1. The molecule has 3 rings (SSSR count). The maximum atomic E-state index is 12.4. The number of hydrogen-bond acceptors (Lipinski definition) is 6. The van der Waals surface area contributed by atoms with Gasteiger partial charge in [-0.3, -0.25) is 4.79 Å². The highest BCUT2D eigenvalue weighted by Gasteiger charge is 2.17. The van der Waals surface area contributed by atoms with Crippen LogP contribution in [0.2, 0.25) is 4.34 Å². The highest BCUT2D eigenvalue weighted by Crippen LogP contribution is 2.25. The van der Waals surface area contributed by atoms with Gasteiger partial charge in [0.2, 0.25) is 11.1 Å². The highest BCUT2D eigenvalue weighted by atomic mass is 35.5. The van der Waals surface area contributed by atoms with Crippen molar-refractivity contribution in [2.75, 3.05) is 12.8 Å². The smallest absolute Gasteiger partial charge is 0.233 e. The molecule has 136 valence electrons. The molecular weight excluding hydrogens is 390 g/mol. The maximum absolute atomic E-state index is 12.4. The summed E-state index contributed by atoms with van der Waals surface area (Å²) < 4.78 is 2.42. The first-order valence-corrected chi connectivity index (χ1v) is 10.1. The van der Waals surface area contributed by atoms with Crippen LogP contribution in [-0.4, -0.2) is 43.8 Å². The Morgan fingerprint density at radius 3 is 2.65 bits per heavy atom. The monoisotopic (exact) mass is 407 g/mol. The van der Waals surface area contributed by atoms with Gasteiger partial charge in [0.15, 0.2) is 0 Å². The molecule has 9 heteroatoms. The largest absolute Gasteiger partial charge is 0.340 e. The second-order valence-corrected chi connectivity index (χ2v) is 8.60.